The second-order valence-corrected chi connectivity index (χ2v) is 2.53. The molecule has 0 heterocycles. The van der Waals surface area contributed by atoms with Crippen molar-refractivity contribution in [1.29, 1.82) is 0 Å². The molecule has 0 aliphatic rings. The Morgan fingerprint density at radius 2 is 1.82 bits per heavy atom. The number of nitrogens with one attached hydrogen (secondary N) is 2. The molecular weight excluding hydrogens is 136 g/mol. The molecule has 0 aliphatic heterocycles. The van der Waals surface area contributed by atoms with Gasteiger partial charge in [-0.3, -0.25) is 10.9 Å². The van der Waals surface area contributed by atoms with E-state index in [0.717, 1.165) is 0 Å². The largest absolute Gasteiger partial charge is 0.260 e. The van der Waals surface area contributed by atoms with Crippen LogP contribution in [0.2, 0.25) is 0 Å². The second kappa shape index (κ2) is 4.11. The summed E-state index contributed by atoms with van der Waals surface area (Å²) in [5.74, 6) is 0. The van der Waals surface area contributed by atoms with Crippen LogP contribution in [0.4, 0.5) is 0 Å². The highest BCUT2D eigenvalue weighted by Gasteiger charge is 1.99. The number of rotatable bonds is 3. The van der Waals surface area contributed by atoms with E-state index in [-0.39, 0.29) is 0 Å². The highest BCUT2D eigenvalue weighted by Crippen LogP contribution is 2.09. The van der Waals surface area contributed by atoms with Gasteiger partial charge in [0.05, 0.1) is 0 Å². The zero-order valence-corrected chi connectivity index (χ0v) is 6.96. The van der Waals surface area contributed by atoms with Crippen LogP contribution in [-0.2, 0) is 0 Å². The van der Waals surface area contributed by atoms with Gasteiger partial charge in [0.1, 0.15) is 0 Å². The summed E-state index contributed by atoms with van der Waals surface area (Å²) in [7, 11) is 1.87. The molecule has 0 spiro atoms. The Balaban J connectivity index is 2.61. The molecule has 0 amide bonds. The summed E-state index contributed by atoms with van der Waals surface area (Å²) in [6.07, 6.45) is 0. The molecule has 0 saturated carbocycles. The molecule has 0 aliphatic carbocycles. The highest BCUT2D eigenvalue weighted by molar-refractivity contribution is 5.17. The quantitative estimate of drug-likeness (QED) is 0.638. The molecule has 0 saturated heterocycles. The van der Waals surface area contributed by atoms with E-state index >= 15 is 0 Å². The van der Waals surface area contributed by atoms with Gasteiger partial charge in [0, 0.05) is 6.04 Å². The van der Waals surface area contributed by atoms with E-state index in [1.54, 1.807) is 0 Å². The van der Waals surface area contributed by atoms with Crippen LogP contribution >= 0.6 is 0 Å². The molecule has 11 heavy (non-hydrogen) atoms. The summed E-state index contributed by atoms with van der Waals surface area (Å²) >= 11 is 0. The van der Waals surface area contributed by atoms with Crippen molar-refractivity contribution in [3.8, 4) is 0 Å². The lowest BCUT2D eigenvalue weighted by Gasteiger charge is -2.12. The monoisotopic (exact) mass is 150 g/mol. The molecule has 2 heteroatoms. The smallest absolute Gasteiger partial charge is 0.0434 e. The van der Waals surface area contributed by atoms with Crippen molar-refractivity contribution in [3.05, 3.63) is 35.9 Å². The molecule has 0 bridgehead atoms. The number of hydrogen-bond acceptors (Lipinski definition) is 2. The summed E-state index contributed by atoms with van der Waals surface area (Å²) in [4.78, 5) is 0. The molecule has 0 radical (unpaired) electrons. The van der Waals surface area contributed by atoms with Crippen molar-refractivity contribution in [2.75, 3.05) is 7.05 Å². The van der Waals surface area contributed by atoms with Crippen molar-refractivity contribution in [2.45, 2.75) is 13.0 Å². The van der Waals surface area contributed by atoms with Crippen LogP contribution in [0, 0.1) is 0 Å². The summed E-state index contributed by atoms with van der Waals surface area (Å²) in [6.45, 7) is 2.12. The molecule has 2 N–H and O–H groups in total. The molecule has 1 unspecified atom stereocenters. The first-order valence-electron chi connectivity index (χ1n) is 3.82. The first-order chi connectivity index (χ1) is 5.34. The van der Waals surface area contributed by atoms with E-state index in [1.807, 2.05) is 25.2 Å². The van der Waals surface area contributed by atoms with E-state index in [1.165, 1.54) is 5.56 Å². The summed E-state index contributed by atoms with van der Waals surface area (Å²) in [5, 5.41) is 0. The van der Waals surface area contributed by atoms with Crippen molar-refractivity contribution in [2.24, 2.45) is 0 Å². The van der Waals surface area contributed by atoms with Gasteiger partial charge >= 0.3 is 0 Å². The van der Waals surface area contributed by atoms with Crippen LogP contribution < -0.4 is 10.9 Å². The maximum Gasteiger partial charge on any atom is 0.0434 e. The molecule has 1 atom stereocenters. The molecule has 1 aromatic rings. The maximum atomic E-state index is 3.11. The fourth-order valence-electron chi connectivity index (χ4n) is 1.04. The van der Waals surface area contributed by atoms with Crippen LogP contribution in [0.5, 0.6) is 0 Å². The topological polar surface area (TPSA) is 24.1 Å². The van der Waals surface area contributed by atoms with Gasteiger partial charge in [-0.1, -0.05) is 30.3 Å². The van der Waals surface area contributed by atoms with E-state index in [0.29, 0.717) is 6.04 Å². The highest BCUT2D eigenvalue weighted by atomic mass is 15.3. The zero-order valence-electron chi connectivity index (χ0n) is 6.96. The molecule has 0 fully saturated rings. The first-order valence-corrected chi connectivity index (χ1v) is 3.82. The Hall–Kier alpha value is -0.860. The minimum atomic E-state index is 0.362. The van der Waals surface area contributed by atoms with Gasteiger partial charge in [-0.2, -0.15) is 0 Å². The third-order valence-corrected chi connectivity index (χ3v) is 1.66. The molecule has 1 rings (SSSR count). The lowest BCUT2D eigenvalue weighted by Crippen LogP contribution is -2.30. The SMILES string of the molecule is CNNC(C)c1ccccc1. The number of hydrogen-bond donors (Lipinski definition) is 2. The Morgan fingerprint density at radius 3 is 2.36 bits per heavy atom. The first kappa shape index (κ1) is 8.24. The number of benzene rings is 1. The Labute approximate surface area is 67.6 Å². The fraction of sp³-hybridized carbons (Fsp3) is 0.333. The van der Waals surface area contributed by atoms with E-state index in [2.05, 4.69) is 29.9 Å². The summed E-state index contributed by atoms with van der Waals surface area (Å²) < 4.78 is 0. The minimum Gasteiger partial charge on any atom is -0.260 e. The van der Waals surface area contributed by atoms with Gasteiger partial charge in [0.25, 0.3) is 0 Å². The van der Waals surface area contributed by atoms with Crippen LogP contribution in [-0.4, -0.2) is 7.05 Å². The lowest BCUT2D eigenvalue weighted by molar-refractivity contribution is 0.505. The van der Waals surface area contributed by atoms with E-state index in [9.17, 15) is 0 Å². The fourth-order valence-corrected chi connectivity index (χ4v) is 1.04. The predicted molar refractivity (Wildman–Crippen MR) is 47.1 cm³/mol. The molecule has 60 valence electrons. The minimum absolute atomic E-state index is 0.362. The standard InChI is InChI=1S/C9H14N2/c1-8(11-10-2)9-6-4-3-5-7-9/h3-8,10-11H,1-2H3. The van der Waals surface area contributed by atoms with Gasteiger partial charge in [0.15, 0.2) is 0 Å². The molecule has 0 aromatic heterocycles. The van der Waals surface area contributed by atoms with Crippen molar-refractivity contribution >= 4 is 0 Å². The van der Waals surface area contributed by atoms with Gasteiger partial charge in [-0.15, -0.1) is 0 Å². The second-order valence-electron chi connectivity index (χ2n) is 2.53. The normalized spacial score (nSPS) is 12.9. The Bertz CT molecular complexity index is 196. The third-order valence-electron chi connectivity index (χ3n) is 1.66. The zero-order chi connectivity index (χ0) is 8.10. The van der Waals surface area contributed by atoms with Crippen LogP contribution in [0.15, 0.2) is 30.3 Å². The van der Waals surface area contributed by atoms with Gasteiger partial charge < -0.3 is 0 Å². The van der Waals surface area contributed by atoms with Crippen molar-refractivity contribution in [1.82, 2.24) is 10.9 Å². The average molecular weight is 150 g/mol. The van der Waals surface area contributed by atoms with E-state index < -0.39 is 0 Å². The Kier molecular flexibility index (Phi) is 3.08. The molecular formula is C9H14N2. The van der Waals surface area contributed by atoms with Crippen LogP contribution in [0.1, 0.15) is 18.5 Å². The van der Waals surface area contributed by atoms with Crippen LogP contribution in [0.3, 0.4) is 0 Å². The lowest BCUT2D eigenvalue weighted by atomic mass is 10.1. The van der Waals surface area contributed by atoms with Crippen molar-refractivity contribution < 1.29 is 0 Å². The average Bonchev–Trinajstić information content (AvgIpc) is 2.07. The van der Waals surface area contributed by atoms with Gasteiger partial charge in [-0.25, -0.2) is 0 Å². The molecule has 2 nitrogen and oxygen atoms in total. The molecule has 1 aromatic carbocycles. The number of hydrazine groups is 1. The van der Waals surface area contributed by atoms with E-state index in [4.69, 9.17) is 0 Å². The van der Waals surface area contributed by atoms with Gasteiger partial charge in [-0.05, 0) is 19.5 Å². The summed E-state index contributed by atoms with van der Waals surface area (Å²) in [6, 6.07) is 10.7. The van der Waals surface area contributed by atoms with Gasteiger partial charge in [0.2, 0.25) is 0 Å². The summed E-state index contributed by atoms with van der Waals surface area (Å²) in [5.41, 5.74) is 7.32. The maximum absolute atomic E-state index is 3.11. The van der Waals surface area contributed by atoms with Crippen LogP contribution in [0.25, 0.3) is 0 Å². The third kappa shape index (κ3) is 2.33. The Morgan fingerprint density at radius 1 is 1.18 bits per heavy atom. The van der Waals surface area contributed by atoms with Crippen molar-refractivity contribution in [3.63, 3.8) is 0 Å². The predicted octanol–water partition coefficient (Wildman–Crippen LogP) is 1.47.